The summed E-state index contributed by atoms with van der Waals surface area (Å²) in [6.07, 6.45) is 1.13. The molecule has 0 saturated carbocycles. The van der Waals surface area contributed by atoms with Crippen LogP contribution in [0.1, 0.15) is 17.2 Å². The molecule has 2 N–H and O–H groups in total. The van der Waals surface area contributed by atoms with E-state index in [9.17, 15) is 9.90 Å². The van der Waals surface area contributed by atoms with Crippen LogP contribution in [0.3, 0.4) is 0 Å². The summed E-state index contributed by atoms with van der Waals surface area (Å²) in [5.74, 6) is 1.21. The molecule has 0 fully saturated rings. The Morgan fingerprint density at radius 2 is 2.03 bits per heavy atom. The summed E-state index contributed by atoms with van der Waals surface area (Å²) in [6, 6.07) is 8.92. The first-order valence-corrected chi connectivity index (χ1v) is 11.0. The number of urea groups is 1. The fourth-order valence-corrected chi connectivity index (χ4v) is 5.03. The summed E-state index contributed by atoms with van der Waals surface area (Å²) in [6.45, 7) is 0.486. The third-order valence-electron chi connectivity index (χ3n) is 4.87. The minimum atomic E-state index is -0.859. The summed E-state index contributed by atoms with van der Waals surface area (Å²) in [5.41, 5.74) is 3.03. The molecular formula is C20H21N3O4S2. The maximum atomic E-state index is 12.9. The topological polar surface area (TPSA) is 83.9 Å². The van der Waals surface area contributed by atoms with E-state index in [0.29, 0.717) is 29.3 Å². The average Bonchev–Trinajstić information content (AvgIpc) is 3.15. The van der Waals surface area contributed by atoms with Crippen molar-refractivity contribution in [1.82, 2.24) is 9.88 Å². The number of benzene rings is 2. The Labute approximate surface area is 176 Å². The molecule has 1 unspecified atom stereocenters. The molecule has 0 spiro atoms. The van der Waals surface area contributed by atoms with Gasteiger partial charge in [-0.2, -0.15) is 0 Å². The van der Waals surface area contributed by atoms with Crippen LogP contribution in [0, 0.1) is 0 Å². The van der Waals surface area contributed by atoms with Crippen molar-refractivity contribution in [2.24, 2.45) is 0 Å². The molecule has 7 nitrogen and oxygen atoms in total. The van der Waals surface area contributed by atoms with E-state index in [0.717, 1.165) is 20.1 Å². The van der Waals surface area contributed by atoms with Crippen LogP contribution in [-0.4, -0.2) is 48.0 Å². The van der Waals surface area contributed by atoms with Gasteiger partial charge in [-0.25, -0.2) is 9.78 Å². The molecule has 29 heavy (non-hydrogen) atoms. The monoisotopic (exact) mass is 431 g/mol. The number of carbonyl (C=O) groups is 1. The number of β-amino-alcohol motifs (C(OH)–C–C–N with tert-alkyl or cyclic N) is 1. The fourth-order valence-electron chi connectivity index (χ4n) is 3.50. The zero-order chi connectivity index (χ0) is 20.5. The second kappa shape index (κ2) is 8.10. The number of aliphatic hydroxyl groups excluding tert-OH is 1. The van der Waals surface area contributed by atoms with Gasteiger partial charge in [0.2, 0.25) is 0 Å². The average molecular weight is 432 g/mol. The number of aliphatic hydroxyl groups is 1. The number of hydrogen-bond acceptors (Lipinski definition) is 7. The van der Waals surface area contributed by atoms with E-state index in [1.807, 2.05) is 24.5 Å². The van der Waals surface area contributed by atoms with Crippen molar-refractivity contribution in [1.29, 1.82) is 0 Å². The summed E-state index contributed by atoms with van der Waals surface area (Å²) < 4.78 is 12.8. The third kappa shape index (κ3) is 3.73. The predicted octanol–water partition coefficient (Wildman–Crippen LogP) is 4.12. The van der Waals surface area contributed by atoms with E-state index < -0.39 is 6.10 Å². The number of nitrogens with zero attached hydrogens (tertiary/aromatic N) is 2. The van der Waals surface area contributed by atoms with Crippen molar-refractivity contribution in [2.75, 3.05) is 32.3 Å². The lowest BCUT2D eigenvalue weighted by Gasteiger charge is -2.34. The van der Waals surface area contributed by atoms with Crippen LogP contribution in [0.4, 0.5) is 10.5 Å². The zero-order valence-corrected chi connectivity index (χ0v) is 17.9. The fraction of sp³-hybridized carbons (Fsp3) is 0.300. The quantitative estimate of drug-likeness (QED) is 0.605. The van der Waals surface area contributed by atoms with Crippen LogP contribution in [0.5, 0.6) is 11.5 Å². The number of hydrogen-bond donors (Lipinski definition) is 2. The lowest BCUT2D eigenvalue weighted by Crippen LogP contribution is -2.41. The van der Waals surface area contributed by atoms with Crippen LogP contribution in [0.2, 0.25) is 0 Å². The predicted molar refractivity (Wildman–Crippen MR) is 115 cm³/mol. The van der Waals surface area contributed by atoms with Gasteiger partial charge in [0.25, 0.3) is 0 Å². The Balaban J connectivity index is 1.57. The van der Waals surface area contributed by atoms with Gasteiger partial charge in [-0.15, -0.1) is 11.3 Å². The van der Waals surface area contributed by atoms with Crippen molar-refractivity contribution in [2.45, 2.75) is 17.0 Å². The molecule has 2 amide bonds. The van der Waals surface area contributed by atoms with E-state index in [2.05, 4.69) is 10.3 Å². The van der Waals surface area contributed by atoms with Crippen LogP contribution in [0.15, 0.2) is 34.7 Å². The summed E-state index contributed by atoms with van der Waals surface area (Å²) in [5, 5.41) is 13.6. The zero-order valence-electron chi connectivity index (χ0n) is 16.3. The van der Waals surface area contributed by atoms with Crippen LogP contribution < -0.4 is 14.8 Å². The highest BCUT2D eigenvalue weighted by Gasteiger charge is 2.32. The van der Waals surface area contributed by atoms with Gasteiger partial charge in [-0.1, -0.05) is 11.8 Å². The Morgan fingerprint density at radius 3 is 2.76 bits per heavy atom. The summed E-state index contributed by atoms with van der Waals surface area (Å²) in [4.78, 5) is 19.0. The highest BCUT2D eigenvalue weighted by atomic mass is 32.2. The van der Waals surface area contributed by atoms with Gasteiger partial charge in [0.15, 0.2) is 4.34 Å². The molecule has 1 aliphatic rings. The van der Waals surface area contributed by atoms with Crippen molar-refractivity contribution in [3.63, 3.8) is 0 Å². The van der Waals surface area contributed by atoms with Gasteiger partial charge >= 0.3 is 6.03 Å². The maximum absolute atomic E-state index is 12.9. The van der Waals surface area contributed by atoms with Crippen molar-refractivity contribution < 1.29 is 19.4 Å². The summed E-state index contributed by atoms with van der Waals surface area (Å²) in [7, 11) is 3.13. The number of thioether (sulfide) groups is 1. The number of carbonyl (C=O) groups excluding carboxylic acids is 1. The molecule has 0 bridgehead atoms. The number of anilines is 1. The number of thiazole rings is 1. The molecule has 2 heterocycles. The number of fused-ring (bicyclic) bond motifs is 2. The number of ether oxygens (including phenoxy) is 2. The molecule has 2 aromatic carbocycles. The normalized spacial score (nSPS) is 15.9. The van der Waals surface area contributed by atoms with Gasteiger partial charge in [0.05, 0.1) is 37.5 Å². The molecule has 1 aromatic heterocycles. The molecule has 152 valence electrons. The van der Waals surface area contributed by atoms with E-state index in [4.69, 9.17) is 9.47 Å². The van der Waals surface area contributed by atoms with Gasteiger partial charge < -0.3 is 24.8 Å². The van der Waals surface area contributed by atoms with Crippen LogP contribution in [-0.2, 0) is 6.54 Å². The first-order valence-electron chi connectivity index (χ1n) is 8.96. The van der Waals surface area contributed by atoms with Crippen molar-refractivity contribution >= 4 is 45.0 Å². The molecule has 1 atom stereocenters. The minimum Gasteiger partial charge on any atom is -0.496 e. The van der Waals surface area contributed by atoms with Crippen LogP contribution in [0.25, 0.3) is 10.2 Å². The second-order valence-electron chi connectivity index (χ2n) is 6.56. The SMILES string of the molecule is COc1ccc(OC)c2c1CN(C(=O)Nc1ccc3nc(SC)sc3c1)CC2O. The Bertz CT molecular complexity index is 1070. The number of nitrogens with one attached hydrogen (secondary N) is 1. The smallest absolute Gasteiger partial charge is 0.322 e. The lowest BCUT2D eigenvalue weighted by molar-refractivity contribution is 0.105. The molecule has 0 radical (unpaired) electrons. The summed E-state index contributed by atoms with van der Waals surface area (Å²) >= 11 is 3.19. The molecular weight excluding hydrogens is 410 g/mol. The number of amides is 2. The second-order valence-corrected chi connectivity index (χ2v) is 8.64. The van der Waals surface area contributed by atoms with E-state index in [1.165, 1.54) is 0 Å². The van der Waals surface area contributed by atoms with E-state index in [-0.39, 0.29) is 12.6 Å². The molecule has 9 heteroatoms. The highest BCUT2D eigenvalue weighted by Crippen LogP contribution is 2.39. The number of methoxy groups -OCH3 is 2. The van der Waals surface area contributed by atoms with E-state index in [1.54, 1.807) is 54.4 Å². The largest absolute Gasteiger partial charge is 0.496 e. The lowest BCUT2D eigenvalue weighted by atomic mass is 9.95. The Hall–Kier alpha value is -2.49. The first kappa shape index (κ1) is 19.8. The van der Waals surface area contributed by atoms with Gasteiger partial charge in [-0.3, -0.25) is 0 Å². The van der Waals surface area contributed by atoms with Gasteiger partial charge in [0.1, 0.15) is 17.6 Å². The minimum absolute atomic E-state index is 0.168. The highest BCUT2D eigenvalue weighted by molar-refractivity contribution is 8.00. The van der Waals surface area contributed by atoms with Crippen LogP contribution >= 0.6 is 23.1 Å². The molecule has 4 rings (SSSR count). The Morgan fingerprint density at radius 1 is 1.28 bits per heavy atom. The molecule has 3 aromatic rings. The first-order chi connectivity index (χ1) is 14.0. The Kier molecular flexibility index (Phi) is 5.53. The van der Waals surface area contributed by atoms with Crippen molar-refractivity contribution in [3.8, 4) is 11.5 Å². The van der Waals surface area contributed by atoms with Gasteiger partial charge in [-0.05, 0) is 36.6 Å². The standard InChI is InChI=1S/C20H21N3O4S2/c1-26-15-6-7-16(27-2)18-12(15)9-23(10-14(18)24)19(25)21-11-4-5-13-17(8-11)29-20(22-13)28-3/h4-8,14,24H,9-10H2,1-3H3,(H,21,25). The van der Waals surface area contributed by atoms with Gasteiger partial charge in [0, 0.05) is 16.8 Å². The van der Waals surface area contributed by atoms with E-state index >= 15 is 0 Å². The molecule has 1 aliphatic heterocycles. The molecule has 0 saturated heterocycles. The van der Waals surface area contributed by atoms with Crippen molar-refractivity contribution in [3.05, 3.63) is 41.5 Å². The number of rotatable bonds is 4. The maximum Gasteiger partial charge on any atom is 0.322 e. The third-order valence-corrected chi connectivity index (χ3v) is 6.87. The number of aromatic nitrogens is 1. The molecule has 0 aliphatic carbocycles.